The zero-order valence-corrected chi connectivity index (χ0v) is 19.2. The first kappa shape index (κ1) is 22.2. The summed E-state index contributed by atoms with van der Waals surface area (Å²) in [4.78, 5) is 16.7. The van der Waals surface area contributed by atoms with Crippen LogP contribution in [-0.4, -0.2) is 61.4 Å². The Bertz CT molecular complexity index is 1120. The van der Waals surface area contributed by atoms with E-state index in [2.05, 4.69) is 15.1 Å². The lowest BCUT2D eigenvalue weighted by molar-refractivity contribution is 0.0746. The molecule has 1 aliphatic rings. The second kappa shape index (κ2) is 9.63. The molecule has 9 heteroatoms. The summed E-state index contributed by atoms with van der Waals surface area (Å²) in [5.74, 6) is 2.04. The molecule has 0 saturated carbocycles. The Kier molecular flexibility index (Phi) is 6.67. The van der Waals surface area contributed by atoms with Crippen LogP contribution in [0.15, 0.2) is 48.5 Å². The average molecular weight is 473 g/mol. The zero-order valence-electron chi connectivity index (χ0n) is 17.7. The summed E-state index contributed by atoms with van der Waals surface area (Å²) in [6, 6.07) is 14.3. The number of hydrogen-bond donors (Lipinski definition) is 0. The number of benzene rings is 2. The number of nitrogens with zero attached hydrogens (tertiary/aromatic N) is 4. The highest BCUT2D eigenvalue weighted by Gasteiger charge is 2.25. The molecule has 166 valence electrons. The standard InChI is InChI=1S/C23H22Cl2N4O3/c1-31-16-4-7-21(32-2)18(14-16)20-6-8-22(27-26-20)28-9-11-29(12-10-28)23(30)17-13-15(24)3-5-19(17)25/h3-8,13-14H,9-12H2,1-2H3. The van der Waals surface area contributed by atoms with Crippen molar-refractivity contribution >= 4 is 34.9 Å². The number of anilines is 1. The number of piperazine rings is 1. The van der Waals surface area contributed by atoms with Crippen LogP contribution in [0.1, 0.15) is 10.4 Å². The second-order valence-corrected chi connectivity index (χ2v) is 8.09. The molecule has 0 atom stereocenters. The molecule has 0 bridgehead atoms. The molecular weight excluding hydrogens is 451 g/mol. The van der Waals surface area contributed by atoms with Gasteiger partial charge >= 0.3 is 0 Å². The van der Waals surface area contributed by atoms with Gasteiger partial charge in [0.25, 0.3) is 5.91 Å². The highest BCUT2D eigenvalue weighted by Crippen LogP contribution is 2.32. The number of ether oxygens (including phenoxy) is 2. The van der Waals surface area contributed by atoms with Crippen molar-refractivity contribution in [1.82, 2.24) is 15.1 Å². The minimum atomic E-state index is -0.122. The molecule has 3 aromatic rings. The molecule has 0 radical (unpaired) electrons. The fourth-order valence-corrected chi connectivity index (χ4v) is 3.99. The van der Waals surface area contributed by atoms with Crippen molar-refractivity contribution in [2.75, 3.05) is 45.3 Å². The summed E-state index contributed by atoms with van der Waals surface area (Å²) in [6.07, 6.45) is 0. The number of rotatable bonds is 5. The summed E-state index contributed by atoms with van der Waals surface area (Å²) >= 11 is 12.2. The smallest absolute Gasteiger partial charge is 0.255 e. The average Bonchev–Trinajstić information content (AvgIpc) is 2.85. The molecule has 4 rings (SSSR count). The maximum absolute atomic E-state index is 12.8. The Morgan fingerprint density at radius 3 is 2.34 bits per heavy atom. The van der Waals surface area contributed by atoms with Crippen molar-refractivity contribution in [3.63, 3.8) is 0 Å². The summed E-state index contributed by atoms with van der Waals surface area (Å²) < 4.78 is 10.8. The van der Waals surface area contributed by atoms with Crippen LogP contribution in [0.2, 0.25) is 10.0 Å². The van der Waals surface area contributed by atoms with Crippen molar-refractivity contribution in [1.29, 1.82) is 0 Å². The fourth-order valence-electron chi connectivity index (χ4n) is 3.62. The van der Waals surface area contributed by atoms with Crippen LogP contribution in [-0.2, 0) is 0 Å². The van der Waals surface area contributed by atoms with Gasteiger partial charge in [-0.3, -0.25) is 4.79 Å². The van der Waals surface area contributed by atoms with Crippen molar-refractivity contribution < 1.29 is 14.3 Å². The van der Waals surface area contributed by atoms with E-state index >= 15 is 0 Å². The molecule has 0 N–H and O–H groups in total. The summed E-state index contributed by atoms with van der Waals surface area (Å²) in [6.45, 7) is 2.38. The third-order valence-electron chi connectivity index (χ3n) is 5.38. The first-order valence-corrected chi connectivity index (χ1v) is 10.8. The lowest BCUT2D eigenvalue weighted by atomic mass is 10.1. The van der Waals surface area contributed by atoms with Gasteiger partial charge in [0.15, 0.2) is 5.82 Å². The minimum absolute atomic E-state index is 0.122. The van der Waals surface area contributed by atoms with Crippen LogP contribution in [0.4, 0.5) is 5.82 Å². The molecule has 1 aliphatic heterocycles. The molecule has 7 nitrogen and oxygen atoms in total. The third-order valence-corrected chi connectivity index (χ3v) is 5.95. The number of aromatic nitrogens is 2. The lowest BCUT2D eigenvalue weighted by Gasteiger charge is -2.35. The van der Waals surface area contributed by atoms with Crippen LogP contribution in [0.25, 0.3) is 11.3 Å². The van der Waals surface area contributed by atoms with Crippen LogP contribution in [0, 0.1) is 0 Å². The maximum Gasteiger partial charge on any atom is 0.255 e. The number of carbonyl (C=O) groups is 1. The van der Waals surface area contributed by atoms with Crippen LogP contribution in [0.3, 0.4) is 0 Å². The number of carbonyl (C=O) groups excluding carboxylic acids is 1. The molecule has 1 amide bonds. The van der Waals surface area contributed by atoms with Crippen molar-refractivity contribution in [2.45, 2.75) is 0 Å². The van der Waals surface area contributed by atoms with Gasteiger partial charge in [0.1, 0.15) is 11.5 Å². The van der Waals surface area contributed by atoms with Gasteiger partial charge in [0.05, 0.1) is 30.5 Å². The summed E-state index contributed by atoms with van der Waals surface area (Å²) in [5, 5.41) is 9.68. The van der Waals surface area contributed by atoms with Crippen LogP contribution >= 0.6 is 23.2 Å². The lowest BCUT2D eigenvalue weighted by Crippen LogP contribution is -2.49. The Labute approximate surface area is 196 Å². The summed E-state index contributed by atoms with van der Waals surface area (Å²) in [5.41, 5.74) is 1.91. The Hall–Kier alpha value is -3.03. The molecule has 2 heterocycles. The van der Waals surface area contributed by atoms with Gasteiger partial charge in [0.2, 0.25) is 0 Å². The quantitative estimate of drug-likeness (QED) is 0.546. The highest BCUT2D eigenvalue weighted by atomic mass is 35.5. The Morgan fingerprint density at radius 1 is 0.906 bits per heavy atom. The van der Waals surface area contributed by atoms with Crippen molar-refractivity contribution in [3.05, 3.63) is 64.1 Å². The van der Waals surface area contributed by atoms with Crippen LogP contribution < -0.4 is 14.4 Å². The maximum atomic E-state index is 12.8. The van der Waals surface area contributed by atoms with Gasteiger partial charge < -0.3 is 19.3 Å². The van der Waals surface area contributed by atoms with E-state index in [1.807, 2.05) is 30.3 Å². The molecular formula is C23H22Cl2N4O3. The van der Waals surface area contributed by atoms with E-state index in [1.165, 1.54) is 0 Å². The van der Waals surface area contributed by atoms with E-state index in [-0.39, 0.29) is 5.91 Å². The molecule has 1 aromatic heterocycles. The number of halogens is 2. The zero-order chi connectivity index (χ0) is 22.7. The van der Waals surface area contributed by atoms with E-state index in [4.69, 9.17) is 32.7 Å². The van der Waals surface area contributed by atoms with Gasteiger partial charge in [-0.15, -0.1) is 10.2 Å². The molecule has 0 aliphatic carbocycles. The predicted octanol–water partition coefficient (Wildman–Crippen LogP) is 4.43. The molecule has 1 fully saturated rings. The second-order valence-electron chi connectivity index (χ2n) is 7.25. The van der Waals surface area contributed by atoms with Gasteiger partial charge in [-0.05, 0) is 48.5 Å². The highest BCUT2D eigenvalue weighted by molar-refractivity contribution is 6.35. The van der Waals surface area contributed by atoms with E-state index in [1.54, 1.807) is 37.3 Å². The minimum Gasteiger partial charge on any atom is -0.497 e. The van der Waals surface area contributed by atoms with Crippen molar-refractivity contribution in [2.24, 2.45) is 0 Å². The Balaban J connectivity index is 1.45. The van der Waals surface area contributed by atoms with Gasteiger partial charge in [0, 0.05) is 36.8 Å². The number of hydrogen-bond acceptors (Lipinski definition) is 6. The molecule has 0 unspecified atom stereocenters. The van der Waals surface area contributed by atoms with Gasteiger partial charge in [-0.25, -0.2) is 0 Å². The first-order valence-electron chi connectivity index (χ1n) is 10.1. The monoisotopic (exact) mass is 472 g/mol. The number of methoxy groups -OCH3 is 2. The Morgan fingerprint density at radius 2 is 1.69 bits per heavy atom. The topological polar surface area (TPSA) is 67.8 Å². The largest absolute Gasteiger partial charge is 0.497 e. The molecule has 1 saturated heterocycles. The van der Waals surface area contributed by atoms with Gasteiger partial charge in [-0.2, -0.15) is 0 Å². The third kappa shape index (κ3) is 4.59. The van der Waals surface area contributed by atoms with Crippen LogP contribution in [0.5, 0.6) is 11.5 Å². The van der Waals surface area contributed by atoms with Gasteiger partial charge in [-0.1, -0.05) is 23.2 Å². The molecule has 0 spiro atoms. The van der Waals surface area contributed by atoms with E-state index in [9.17, 15) is 4.79 Å². The molecule has 32 heavy (non-hydrogen) atoms. The number of amides is 1. The normalized spacial score (nSPS) is 13.8. The predicted molar refractivity (Wildman–Crippen MR) is 125 cm³/mol. The first-order chi connectivity index (χ1) is 15.5. The van der Waals surface area contributed by atoms with E-state index in [0.717, 1.165) is 11.4 Å². The van der Waals surface area contributed by atoms with Crippen molar-refractivity contribution in [3.8, 4) is 22.8 Å². The fraction of sp³-hybridized carbons (Fsp3) is 0.261. The SMILES string of the molecule is COc1ccc(OC)c(-c2ccc(N3CCN(C(=O)c4cc(Cl)ccc4Cl)CC3)nn2)c1. The van der Waals surface area contributed by atoms with E-state index in [0.29, 0.717) is 59.0 Å². The van der Waals surface area contributed by atoms with E-state index < -0.39 is 0 Å². The molecule has 2 aromatic carbocycles. The summed E-state index contributed by atoms with van der Waals surface area (Å²) in [7, 11) is 3.23.